The zero-order valence-electron chi connectivity index (χ0n) is 11.5. The van der Waals surface area contributed by atoms with Gasteiger partial charge < -0.3 is 5.32 Å². The SMILES string of the molecule is CNC(Cc1ccc2c(c1)CCC2)C1CCCC1. The first-order chi connectivity index (χ1) is 8.86. The Balaban J connectivity index is 1.70. The van der Waals surface area contributed by atoms with Gasteiger partial charge in [-0.25, -0.2) is 0 Å². The molecule has 1 heteroatoms. The summed E-state index contributed by atoms with van der Waals surface area (Å²) in [4.78, 5) is 0. The summed E-state index contributed by atoms with van der Waals surface area (Å²) in [6.07, 6.45) is 10.9. The predicted molar refractivity (Wildman–Crippen MR) is 77.0 cm³/mol. The minimum Gasteiger partial charge on any atom is -0.316 e. The molecule has 1 aromatic rings. The van der Waals surface area contributed by atoms with Crippen LogP contribution < -0.4 is 5.32 Å². The van der Waals surface area contributed by atoms with Gasteiger partial charge in [-0.3, -0.25) is 0 Å². The molecule has 18 heavy (non-hydrogen) atoms. The average molecular weight is 243 g/mol. The average Bonchev–Trinajstić information content (AvgIpc) is 3.06. The lowest BCUT2D eigenvalue weighted by atomic mass is 9.91. The quantitative estimate of drug-likeness (QED) is 0.853. The van der Waals surface area contributed by atoms with Gasteiger partial charge in [-0.05, 0) is 68.2 Å². The molecular formula is C17H25N. The number of rotatable bonds is 4. The van der Waals surface area contributed by atoms with Crippen LogP contribution in [0, 0.1) is 5.92 Å². The Bertz CT molecular complexity index is 404. The van der Waals surface area contributed by atoms with Crippen molar-refractivity contribution in [2.45, 2.75) is 57.4 Å². The standard InChI is InChI=1S/C17H25N/c1-18-17(15-5-2-3-6-15)12-13-9-10-14-7-4-8-16(14)11-13/h9-11,15,17-18H,2-8,12H2,1H3. The van der Waals surface area contributed by atoms with Crippen LogP contribution in [0.3, 0.4) is 0 Å². The van der Waals surface area contributed by atoms with Crippen molar-refractivity contribution in [2.24, 2.45) is 5.92 Å². The van der Waals surface area contributed by atoms with Crippen molar-refractivity contribution in [3.05, 3.63) is 34.9 Å². The van der Waals surface area contributed by atoms with Gasteiger partial charge in [0.05, 0.1) is 0 Å². The van der Waals surface area contributed by atoms with Gasteiger partial charge in [0.25, 0.3) is 0 Å². The highest BCUT2D eigenvalue weighted by molar-refractivity contribution is 5.35. The van der Waals surface area contributed by atoms with Crippen molar-refractivity contribution in [2.75, 3.05) is 7.05 Å². The van der Waals surface area contributed by atoms with Crippen LogP contribution in [0.4, 0.5) is 0 Å². The van der Waals surface area contributed by atoms with Crippen molar-refractivity contribution in [1.29, 1.82) is 0 Å². The van der Waals surface area contributed by atoms with E-state index in [4.69, 9.17) is 0 Å². The maximum absolute atomic E-state index is 3.56. The number of benzene rings is 1. The maximum Gasteiger partial charge on any atom is 0.0133 e. The van der Waals surface area contributed by atoms with Crippen LogP contribution in [0.15, 0.2) is 18.2 Å². The highest BCUT2D eigenvalue weighted by atomic mass is 14.9. The number of hydrogen-bond acceptors (Lipinski definition) is 1. The molecule has 1 fully saturated rings. The van der Waals surface area contributed by atoms with E-state index in [1.54, 1.807) is 16.7 Å². The van der Waals surface area contributed by atoms with Crippen molar-refractivity contribution in [3.63, 3.8) is 0 Å². The van der Waals surface area contributed by atoms with E-state index in [9.17, 15) is 0 Å². The van der Waals surface area contributed by atoms with Crippen LogP contribution in [-0.4, -0.2) is 13.1 Å². The second-order valence-corrected chi connectivity index (χ2v) is 6.10. The van der Waals surface area contributed by atoms with Crippen LogP contribution in [-0.2, 0) is 19.3 Å². The Hall–Kier alpha value is -0.820. The second kappa shape index (κ2) is 5.44. The number of nitrogens with one attached hydrogen (secondary N) is 1. The molecule has 1 unspecified atom stereocenters. The highest BCUT2D eigenvalue weighted by Gasteiger charge is 2.24. The van der Waals surface area contributed by atoms with Gasteiger partial charge in [0, 0.05) is 6.04 Å². The van der Waals surface area contributed by atoms with Gasteiger partial charge in [-0.2, -0.15) is 0 Å². The molecule has 0 radical (unpaired) electrons. The molecule has 0 bridgehead atoms. The monoisotopic (exact) mass is 243 g/mol. The molecule has 1 nitrogen and oxygen atoms in total. The Morgan fingerprint density at radius 2 is 1.89 bits per heavy atom. The third-order valence-corrected chi connectivity index (χ3v) is 4.96. The first-order valence-electron chi connectivity index (χ1n) is 7.65. The highest BCUT2D eigenvalue weighted by Crippen LogP contribution is 2.30. The third-order valence-electron chi connectivity index (χ3n) is 4.96. The smallest absolute Gasteiger partial charge is 0.0133 e. The van der Waals surface area contributed by atoms with Gasteiger partial charge in [0.1, 0.15) is 0 Å². The molecule has 3 rings (SSSR count). The molecule has 2 aliphatic rings. The van der Waals surface area contributed by atoms with Crippen LogP contribution in [0.5, 0.6) is 0 Å². The lowest BCUT2D eigenvalue weighted by Crippen LogP contribution is -2.34. The first kappa shape index (κ1) is 12.2. The molecule has 0 saturated heterocycles. The van der Waals surface area contributed by atoms with Crippen LogP contribution in [0.1, 0.15) is 48.8 Å². The van der Waals surface area contributed by atoms with E-state index in [1.807, 2.05) is 0 Å². The van der Waals surface area contributed by atoms with Crippen LogP contribution in [0.25, 0.3) is 0 Å². The van der Waals surface area contributed by atoms with E-state index in [-0.39, 0.29) is 0 Å². The lowest BCUT2D eigenvalue weighted by Gasteiger charge is -2.23. The molecule has 0 spiro atoms. The van der Waals surface area contributed by atoms with Gasteiger partial charge in [0.2, 0.25) is 0 Å². The molecule has 1 N–H and O–H groups in total. The van der Waals surface area contributed by atoms with E-state index in [0.29, 0.717) is 6.04 Å². The zero-order valence-corrected chi connectivity index (χ0v) is 11.5. The minimum atomic E-state index is 0.687. The summed E-state index contributed by atoms with van der Waals surface area (Å²) in [5.74, 6) is 0.906. The van der Waals surface area contributed by atoms with Gasteiger partial charge in [-0.1, -0.05) is 31.0 Å². The summed E-state index contributed by atoms with van der Waals surface area (Å²) in [7, 11) is 2.14. The zero-order chi connectivity index (χ0) is 12.4. The van der Waals surface area contributed by atoms with Gasteiger partial charge in [0.15, 0.2) is 0 Å². The van der Waals surface area contributed by atoms with Crippen molar-refractivity contribution in [3.8, 4) is 0 Å². The fourth-order valence-electron chi connectivity index (χ4n) is 3.87. The van der Waals surface area contributed by atoms with E-state index >= 15 is 0 Å². The Morgan fingerprint density at radius 3 is 2.67 bits per heavy atom. The number of fused-ring (bicyclic) bond motifs is 1. The van der Waals surface area contributed by atoms with Crippen molar-refractivity contribution < 1.29 is 0 Å². The number of hydrogen-bond donors (Lipinski definition) is 1. The molecular weight excluding hydrogens is 218 g/mol. The fraction of sp³-hybridized carbons (Fsp3) is 0.647. The lowest BCUT2D eigenvalue weighted by molar-refractivity contribution is 0.377. The number of likely N-dealkylation sites (N-methyl/N-ethyl adjacent to an activating group) is 1. The summed E-state index contributed by atoms with van der Waals surface area (Å²) < 4.78 is 0. The molecule has 1 aromatic carbocycles. The third kappa shape index (κ3) is 2.47. The summed E-state index contributed by atoms with van der Waals surface area (Å²) in [5, 5.41) is 3.56. The fourth-order valence-corrected chi connectivity index (χ4v) is 3.87. The molecule has 1 saturated carbocycles. The van der Waals surface area contributed by atoms with Crippen molar-refractivity contribution >= 4 is 0 Å². The largest absolute Gasteiger partial charge is 0.316 e. The van der Waals surface area contributed by atoms with E-state index < -0.39 is 0 Å². The molecule has 0 aromatic heterocycles. The van der Waals surface area contributed by atoms with E-state index in [2.05, 4.69) is 30.6 Å². The summed E-state index contributed by atoms with van der Waals surface area (Å²) >= 11 is 0. The topological polar surface area (TPSA) is 12.0 Å². The van der Waals surface area contributed by atoms with Crippen molar-refractivity contribution in [1.82, 2.24) is 5.32 Å². The molecule has 2 aliphatic carbocycles. The van der Waals surface area contributed by atoms with E-state index in [0.717, 1.165) is 5.92 Å². The second-order valence-electron chi connectivity index (χ2n) is 6.10. The Labute approximate surface area is 111 Å². The van der Waals surface area contributed by atoms with Crippen LogP contribution in [0.2, 0.25) is 0 Å². The Morgan fingerprint density at radius 1 is 1.11 bits per heavy atom. The summed E-state index contributed by atoms with van der Waals surface area (Å²) in [5.41, 5.74) is 4.76. The summed E-state index contributed by atoms with van der Waals surface area (Å²) in [6, 6.07) is 7.90. The van der Waals surface area contributed by atoms with E-state index in [1.165, 1.54) is 51.4 Å². The summed E-state index contributed by atoms with van der Waals surface area (Å²) in [6.45, 7) is 0. The maximum atomic E-state index is 3.56. The Kier molecular flexibility index (Phi) is 3.69. The van der Waals surface area contributed by atoms with Crippen LogP contribution >= 0.6 is 0 Å². The molecule has 0 aliphatic heterocycles. The van der Waals surface area contributed by atoms with Gasteiger partial charge in [-0.15, -0.1) is 0 Å². The normalized spacial score (nSPS) is 21.2. The first-order valence-corrected chi connectivity index (χ1v) is 7.65. The predicted octanol–water partition coefficient (Wildman–Crippen LogP) is 3.50. The molecule has 0 heterocycles. The number of aryl methyl sites for hydroxylation is 2. The molecule has 1 atom stereocenters. The van der Waals surface area contributed by atoms with Gasteiger partial charge >= 0.3 is 0 Å². The molecule has 0 amide bonds. The minimum absolute atomic E-state index is 0.687. The molecule has 98 valence electrons.